The fourth-order valence-corrected chi connectivity index (χ4v) is 4.86. The predicted molar refractivity (Wildman–Crippen MR) is 138 cm³/mol. The van der Waals surface area contributed by atoms with E-state index in [1.165, 1.54) is 11.8 Å². The lowest BCUT2D eigenvalue weighted by molar-refractivity contribution is -0.115. The van der Waals surface area contributed by atoms with Crippen molar-refractivity contribution in [1.29, 1.82) is 0 Å². The Morgan fingerprint density at radius 3 is 2.33 bits per heavy atom. The number of rotatable bonds is 9. The van der Waals surface area contributed by atoms with E-state index in [1.807, 2.05) is 62.4 Å². The molecule has 6 nitrogen and oxygen atoms in total. The Kier molecular flexibility index (Phi) is 8.32. The maximum Gasteiger partial charge on any atom is 0.262 e. The quantitative estimate of drug-likeness (QED) is 0.357. The lowest BCUT2D eigenvalue weighted by Gasteiger charge is -2.31. The first-order valence-corrected chi connectivity index (χ1v) is 12.4. The van der Waals surface area contributed by atoms with Crippen molar-refractivity contribution in [3.05, 3.63) is 64.4 Å². The Morgan fingerprint density at radius 2 is 1.67 bits per heavy atom. The van der Waals surface area contributed by atoms with Gasteiger partial charge < -0.3 is 5.32 Å². The molecule has 2 aromatic carbocycles. The maximum absolute atomic E-state index is 13.4. The highest BCUT2D eigenvalue weighted by Gasteiger charge is 2.21. The molecule has 1 unspecified atom stereocenters. The molecule has 0 bridgehead atoms. The van der Waals surface area contributed by atoms with E-state index in [-0.39, 0.29) is 11.5 Å². The number of aromatic nitrogens is 2. The van der Waals surface area contributed by atoms with Gasteiger partial charge in [0.2, 0.25) is 5.91 Å². The van der Waals surface area contributed by atoms with Crippen LogP contribution in [0, 0.1) is 6.92 Å². The molecular formula is C26H34N4O2S. The summed E-state index contributed by atoms with van der Waals surface area (Å²) in [6.45, 7) is 13.7. The Labute approximate surface area is 200 Å². The standard InChI is InChI=1S/C26H34N4O2S/c1-17(2)29(18(3)4)15-16-30-25(32)21-12-8-10-14-23(21)28-26(30)33-20(6)24(31)27-22-13-9-7-11-19(22)5/h7-14,17-18,20H,15-16H2,1-6H3,(H,27,31). The number of aryl methyl sites for hydroxylation is 1. The molecule has 0 aliphatic rings. The first kappa shape index (κ1) is 25.0. The molecule has 33 heavy (non-hydrogen) atoms. The van der Waals surface area contributed by atoms with Crippen molar-refractivity contribution in [2.45, 2.75) is 70.6 Å². The van der Waals surface area contributed by atoms with Crippen LogP contribution in [0.15, 0.2) is 58.5 Å². The molecule has 0 saturated carbocycles. The van der Waals surface area contributed by atoms with Crippen LogP contribution < -0.4 is 10.9 Å². The highest BCUT2D eigenvalue weighted by Crippen LogP contribution is 2.24. The lowest BCUT2D eigenvalue weighted by atomic mass is 10.2. The number of para-hydroxylation sites is 2. The number of nitrogens with one attached hydrogen (secondary N) is 1. The van der Waals surface area contributed by atoms with Crippen LogP contribution in [0.3, 0.4) is 0 Å². The smallest absolute Gasteiger partial charge is 0.262 e. The zero-order valence-electron chi connectivity index (χ0n) is 20.3. The van der Waals surface area contributed by atoms with Gasteiger partial charge in [0.15, 0.2) is 5.16 Å². The maximum atomic E-state index is 13.4. The summed E-state index contributed by atoms with van der Waals surface area (Å²) in [5.41, 5.74) is 2.38. The second-order valence-electron chi connectivity index (χ2n) is 8.86. The van der Waals surface area contributed by atoms with E-state index in [0.717, 1.165) is 17.8 Å². The van der Waals surface area contributed by atoms with Crippen molar-refractivity contribution in [2.75, 3.05) is 11.9 Å². The van der Waals surface area contributed by atoms with Crippen LogP contribution in [-0.4, -0.2) is 44.2 Å². The number of thioether (sulfide) groups is 1. The normalized spacial score (nSPS) is 12.6. The van der Waals surface area contributed by atoms with Gasteiger partial charge in [-0.3, -0.25) is 19.1 Å². The number of benzene rings is 2. The zero-order valence-corrected chi connectivity index (χ0v) is 21.1. The van der Waals surface area contributed by atoms with Crippen LogP contribution in [0.1, 0.15) is 40.2 Å². The third-order valence-corrected chi connectivity index (χ3v) is 6.88. The molecule has 1 atom stereocenters. The molecule has 1 aromatic heterocycles. The van der Waals surface area contributed by atoms with E-state index in [9.17, 15) is 9.59 Å². The van der Waals surface area contributed by atoms with Gasteiger partial charge in [-0.25, -0.2) is 4.98 Å². The largest absolute Gasteiger partial charge is 0.325 e. The van der Waals surface area contributed by atoms with Gasteiger partial charge in [0.1, 0.15) is 0 Å². The summed E-state index contributed by atoms with van der Waals surface area (Å²) in [6.07, 6.45) is 0. The number of amides is 1. The summed E-state index contributed by atoms with van der Waals surface area (Å²) in [5.74, 6) is -0.116. The highest BCUT2D eigenvalue weighted by atomic mass is 32.2. The molecular weight excluding hydrogens is 432 g/mol. The van der Waals surface area contributed by atoms with Crippen LogP contribution in [0.4, 0.5) is 5.69 Å². The van der Waals surface area contributed by atoms with Crippen LogP contribution in [0.5, 0.6) is 0 Å². The van der Waals surface area contributed by atoms with Gasteiger partial charge in [0, 0.05) is 30.9 Å². The van der Waals surface area contributed by atoms with E-state index in [4.69, 9.17) is 4.98 Å². The zero-order chi connectivity index (χ0) is 24.1. The predicted octanol–water partition coefficient (Wildman–Crippen LogP) is 4.94. The average molecular weight is 467 g/mol. The molecule has 176 valence electrons. The molecule has 0 aliphatic heterocycles. The Hall–Kier alpha value is -2.64. The minimum atomic E-state index is -0.421. The number of carbonyl (C=O) groups is 1. The van der Waals surface area contributed by atoms with Gasteiger partial charge in [0.25, 0.3) is 5.56 Å². The van der Waals surface area contributed by atoms with Gasteiger partial charge in [-0.1, -0.05) is 42.1 Å². The van der Waals surface area contributed by atoms with Crippen molar-refractivity contribution < 1.29 is 4.79 Å². The third-order valence-electron chi connectivity index (χ3n) is 5.79. The Balaban J connectivity index is 1.90. The number of hydrogen-bond acceptors (Lipinski definition) is 5. The van der Waals surface area contributed by atoms with Crippen molar-refractivity contribution in [2.24, 2.45) is 0 Å². The van der Waals surface area contributed by atoms with Crippen molar-refractivity contribution >= 4 is 34.3 Å². The average Bonchev–Trinajstić information content (AvgIpc) is 2.76. The number of hydrogen-bond donors (Lipinski definition) is 1. The third kappa shape index (κ3) is 6.03. The van der Waals surface area contributed by atoms with Crippen LogP contribution in [0.2, 0.25) is 0 Å². The Bertz CT molecular complexity index is 1160. The number of fused-ring (bicyclic) bond motifs is 1. The van der Waals surface area contributed by atoms with Gasteiger partial charge in [-0.15, -0.1) is 0 Å². The highest BCUT2D eigenvalue weighted by molar-refractivity contribution is 8.00. The van der Waals surface area contributed by atoms with Gasteiger partial charge in [0.05, 0.1) is 16.2 Å². The van der Waals surface area contributed by atoms with Crippen LogP contribution >= 0.6 is 11.8 Å². The molecule has 0 radical (unpaired) electrons. The van der Waals surface area contributed by atoms with Crippen molar-refractivity contribution in [3.8, 4) is 0 Å². The monoisotopic (exact) mass is 466 g/mol. The topological polar surface area (TPSA) is 67.2 Å². The Morgan fingerprint density at radius 1 is 1.03 bits per heavy atom. The summed E-state index contributed by atoms with van der Waals surface area (Å²) in [7, 11) is 0. The minimum Gasteiger partial charge on any atom is -0.325 e. The van der Waals surface area contributed by atoms with Crippen LogP contribution in [0.25, 0.3) is 10.9 Å². The first-order valence-electron chi connectivity index (χ1n) is 11.5. The molecule has 1 heterocycles. The summed E-state index contributed by atoms with van der Waals surface area (Å²) in [6, 6.07) is 15.8. The van der Waals surface area contributed by atoms with Gasteiger partial charge in [-0.2, -0.15) is 0 Å². The first-order chi connectivity index (χ1) is 15.7. The summed E-state index contributed by atoms with van der Waals surface area (Å²) >= 11 is 1.32. The van der Waals surface area contributed by atoms with E-state index >= 15 is 0 Å². The molecule has 0 saturated heterocycles. The lowest BCUT2D eigenvalue weighted by Crippen LogP contribution is -2.40. The fourth-order valence-electron chi connectivity index (χ4n) is 3.92. The van der Waals surface area contributed by atoms with Crippen molar-refractivity contribution in [3.63, 3.8) is 0 Å². The summed E-state index contributed by atoms with van der Waals surface area (Å²) < 4.78 is 1.72. The van der Waals surface area contributed by atoms with Crippen LogP contribution in [-0.2, 0) is 11.3 Å². The molecule has 1 N–H and O–H groups in total. The summed E-state index contributed by atoms with van der Waals surface area (Å²) in [4.78, 5) is 33.4. The molecule has 1 amide bonds. The number of nitrogens with zero attached hydrogens (tertiary/aromatic N) is 3. The second kappa shape index (κ2) is 11.0. The second-order valence-corrected chi connectivity index (χ2v) is 10.2. The molecule has 7 heteroatoms. The van der Waals surface area contributed by atoms with E-state index in [0.29, 0.717) is 34.7 Å². The summed E-state index contributed by atoms with van der Waals surface area (Å²) in [5, 5.41) is 3.74. The molecule has 3 aromatic rings. The molecule has 0 aliphatic carbocycles. The van der Waals surface area contributed by atoms with E-state index in [2.05, 4.69) is 37.9 Å². The van der Waals surface area contributed by atoms with E-state index in [1.54, 1.807) is 4.57 Å². The molecule has 0 spiro atoms. The number of carbonyl (C=O) groups excluding carboxylic acids is 1. The SMILES string of the molecule is Cc1ccccc1NC(=O)C(C)Sc1nc2ccccc2c(=O)n1CCN(C(C)C)C(C)C. The fraction of sp³-hybridized carbons (Fsp3) is 0.423. The minimum absolute atomic E-state index is 0.0675. The van der Waals surface area contributed by atoms with E-state index < -0.39 is 5.25 Å². The molecule has 3 rings (SSSR count). The molecule has 0 fully saturated rings. The van der Waals surface area contributed by atoms with Crippen molar-refractivity contribution in [1.82, 2.24) is 14.5 Å². The van der Waals surface area contributed by atoms with Gasteiger partial charge >= 0.3 is 0 Å². The number of anilines is 1. The van der Waals surface area contributed by atoms with Gasteiger partial charge in [-0.05, 0) is 65.3 Å².